The van der Waals surface area contributed by atoms with Crippen molar-refractivity contribution in [2.75, 3.05) is 19.0 Å². The molecule has 1 aliphatic rings. The number of rotatable bonds is 7. The lowest BCUT2D eigenvalue weighted by atomic mass is 9.77. The Balaban J connectivity index is 1.89. The lowest BCUT2D eigenvalue weighted by Gasteiger charge is -2.54. The van der Waals surface area contributed by atoms with Crippen LogP contribution in [-0.2, 0) is 4.79 Å². The van der Waals surface area contributed by atoms with Gasteiger partial charge in [-0.2, -0.15) is 0 Å². The van der Waals surface area contributed by atoms with E-state index in [9.17, 15) is 14.7 Å². The van der Waals surface area contributed by atoms with Gasteiger partial charge in [-0.1, -0.05) is 23.7 Å². The average molecular weight is 465 g/mol. The van der Waals surface area contributed by atoms with Gasteiger partial charge in [-0.25, -0.2) is 4.79 Å². The number of anilines is 1. The minimum absolute atomic E-state index is 0.0148. The maximum Gasteiger partial charge on any atom is 0.349 e. The van der Waals surface area contributed by atoms with Gasteiger partial charge in [0.15, 0.2) is 16.9 Å². The molecule has 1 aliphatic heterocycles. The van der Waals surface area contributed by atoms with Crippen LogP contribution in [0, 0.1) is 0 Å². The van der Waals surface area contributed by atoms with E-state index in [4.69, 9.17) is 16.3 Å². The first kappa shape index (κ1) is 23.6. The molecule has 1 saturated heterocycles. The number of carboxylic acid groups (broad SMARTS) is 1. The number of nitrogens with one attached hydrogen (secondary N) is 1. The summed E-state index contributed by atoms with van der Waals surface area (Å²) in [5, 5.41) is 13.4. The second-order valence-corrected chi connectivity index (χ2v) is 10.6. The lowest BCUT2D eigenvalue weighted by molar-refractivity contribution is -0.109. The van der Waals surface area contributed by atoms with Crippen molar-refractivity contribution in [2.45, 2.75) is 57.7 Å². The first-order chi connectivity index (χ1) is 14.5. The highest BCUT2D eigenvalue weighted by atomic mass is 35.5. The van der Waals surface area contributed by atoms with Gasteiger partial charge in [0.2, 0.25) is 0 Å². The van der Waals surface area contributed by atoms with Crippen LogP contribution in [0.2, 0.25) is 5.02 Å². The summed E-state index contributed by atoms with van der Waals surface area (Å²) in [7, 11) is 2.18. The molecule has 1 aromatic heterocycles. The van der Waals surface area contributed by atoms with Crippen molar-refractivity contribution < 1.29 is 19.4 Å². The summed E-state index contributed by atoms with van der Waals surface area (Å²) < 4.78 is 5.30. The summed E-state index contributed by atoms with van der Waals surface area (Å²) >= 11 is 7.50. The zero-order valence-corrected chi connectivity index (χ0v) is 20.1. The number of aldehydes is 1. The molecular formula is C23H29ClN2O4S. The molecule has 168 valence electrons. The van der Waals surface area contributed by atoms with Gasteiger partial charge in [0.1, 0.15) is 11.6 Å². The van der Waals surface area contributed by atoms with Crippen molar-refractivity contribution in [3.63, 3.8) is 0 Å². The lowest BCUT2D eigenvalue weighted by Crippen LogP contribution is -2.61. The van der Waals surface area contributed by atoms with Gasteiger partial charge in [0.05, 0.1) is 4.88 Å². The summed E-state index contributed by atoms with van der Waals surface area (Å²) in [6.07, 6.45) is 2.57. The number of aromatic carboxylic acids is 1. The molecule has 6 nitrogen and oxygen atoms in total. The first-order valence-electron chi connectivity index (χ1n) is 10.2. The molecule has 0 atom stereocenters. The third-order valence-corrected chi connectivity index (χ3v) is 7.78. The second-order valence-electron chi connectivity index (χ2n) is 9.20. The number of carbonyl (C=O) groups is 2. The van der Waals surface area contributed by atoms with Gasteiger partial charge in [0.25, 0.3) is 0 Å². The fourth-order valence-electron chi connectivity index (χ4n) is 4.43. The van der Waals surface area contributed by atoms with Crippen molar-refractivity contribution in [2.24, 2.45) is 0 Å². The van der Waals surface area contributed by atoms with Gasteiger partial charge in [0, 0.05) is 22.8 Å². The largest absolute Gasteiger partial charge is 0.483 e. The van der Waals surface area contributed by atoms with Crippen LogP contribution in [0.4, 0.5) is 5.69 Å². The quantitative estimate of drug-likeness (QED) is 0.533. The zero-order valence-electron chi connectivity index (χ0n) is 18.5. The molecule has 2 aromatic rings. The first-order valence-corrected chi connectivity index (χ1v) is 11.4. The monoisotopic (exact) mass is 464 g/mol. The van der Waals surface area contributed by atoms with E-state index in [0.717, 1.165) is 35.4 Å². The number of ether oxygens (including phenoxy) is 1. The van der Waals surface area contributed by atoms with Crippen LogP contribution in [0.1, 0.15) is 50.2 Å². The van der Waals surface area contributed by atoms with Gasteiger partial charge in [-0.05, 0) is 65.3 Å². The van der Waals surface area contributed by atoms with Crippen LogP contribution >= 0.6 is 22.9 Å². The van der Waals surface area contributed by atoms with Gasteiger partial charge >= 0.3 is 5.97 Å². The second kappa shape index (κ2) is 8.81. The van der Waals surface area contributed by atoms with E-state index in [1.165, 1.54) is 0 Å². The molecule has 0 radical (unpaired) electrons. The van der Waals surface area contributed by atoms with Gasteiger partial charge in [-0.15, -0.1) is 11.3 Å². The molecule has 0 unspecified atom stereocenters. The van der Waals surface area contributed by atoms with E-state index >= 15 is 0 Å². The molecule has 0 amide bonds. The Kier molecular flexibility index (Phi) is 6.69. The maximum atomic E-state index is 11.6. The average Bonchev–Trinajstić information content (AvgIpc) is 3.01. The van der Waals surface area contributed by atoms with Crippen molar-refractivity contribution in [1.29, 1.82) is 0 Å². The number of piperidine rings is 1. The number of halogens is 1. The maximum absolute atomic E-state index is 11.6. The minimum Gasteiger partial charge on any atom is -0.483 e. The Morgan fingerprint density at radius 2 is 1.97 bits per heavy atom. The van der Waals surface area contributed by atoms with Crippen molar-refractivity contribution >= 4 is 40.9 Å². The molecule has 0 spiro atoms. The molecule has 8 heteroatoms. The van der Waals surface area contributed by atoms with Crippen LogP contribution < -0.4 is 10.1 Å². The van der Waals surface area contributed by atoms with E-state index in [1.54, 1.807) is 0 Å². The highest BCUT2D eigenvalue weighted by Crippen LogP contribution is 2.46. The fourth-order valence-corrected chi connectivity index (χ4v) is 5.83. The standard InChI is InChI=1S/C23H29ClN2O4S/c1-22(2)12-16(13-23(3,4)26(22)5)25-15-8-6-7-14(11-15)19-17(24)18(30-10-9-27)20(31-19)21(28)29/h6-9,11,16,25H,10,12-13H2,1-5H3,(H,28,29). The number of carbonyl (C=O) groups excluding carboxylic acids is 1. The number of likely N-dealkylation sites (tertiary alicyclic amines) is 1. The fraction of sp³-hybridized carbons (Fsp3) is 0.478. The molecule has 0 bridgehead atoms. The summed E-state index contributed by atoms with van der Waals surface area (Å²) in [6, 6.07) is 8.10. The van der Waals surface area contributed by atoms with Crippen molar-refractivity contribution in [3.8, 4) is 16.2 Å². The third kappa shape index (κ3) is 4.89. The van der Waals surface area contributed by atoms with Crippen LogP contribution in [0.5, 0.6) is 5.75 Å². The van der Waals surface area contributed by atoms with Gasteiger partial charge < -0.3 is 15.2 Å². The van der Waals surface area contributed by atoms with Crippen LogP contribution in [0.25, 0.3) is 10.4 Å². The number of thiophene rings is 1. The number of hydrogen-bond donors (Lipinski definition) is 2. The van der Waals surface area contributed by atoms with E-state index in [-0.39, 0.29) is 33.3 Å². The molecule has 3 rings (SSSR count). The molecule has 0 saturated carbocycles. The highest BCUT2D eigenvalue weighted by molar-refractivity contribution is 7.18. The Morgan fingerprint density at radius 1 is 1.32 bits per heavy atom. The predicted molar refractivity (Wildman–Crippen MR) is 126 cm³/mol. The predicted octanol–water partition coefficient (Wildman–Crippen LogP) is 5.41. The Hall–Kier alpha value is -2.09. The van der Waals surface area contributed by atoms with Crippen molar-refractivity contribution in [3.05, 3.63) is 34.2 Å². The zero-order chi connectivity index (χ0) is 23.0. The Labute approximate surface area is 192 Å². The normalized spacial score (nSPS) is 18.5. The van der Waals surface area contributed by atoms with E-state index in [2.05, 4.69) is 45.0 Å². The molecule has 0 aliphatic carbocycles. The number of nitrogens with zero attached hydrogens (tertiary/aromatic N) is 1. The molecule has 1 fully saturated rings. The van der Waals surface area contributed by atoms with E-state index in [0.29, 0.717) is 17.2 Å². The van der Waals surface area contributed by atoms with Gasteiger partial charge in [-0.3, -0.25) is 9.69 Å². The number of carboxylic acids is 1. The van der Waals surface area contributed by atoms with E-state index < -0.39 is 5.97 Å². The SMILES string of the molecule is CN1C(C)(C)CC(Nc2cccc(-c3sc(C(=O)O)c(OCC=O)c3Cl)c2)CC1(C)C. The Morgan fingerprint density at radius 3 is 2.55 bits per heavy atom. The Bertz CT molecular complexity index is 968. The third-order valence-electron chi connectivity index (χ3n) is 6.10. The smallest absolute Gasteiger partial charge is 0.349 e. The molecule has 1 aromatic carbocycles. The summed E-state index contributed by atoms with van der Waals surface area (Å²) in [4.78, 5) is 25.3. The van der Waals surface area contributed by atoms with Crippen LogP contribution in [0.15, 0.2) is 24.3 Å². The molecule has 2 N–H and O–H groups in total. The molecular weight excluding hydrogens is 436 g/mol. The molecule has 31 heavy (non-hydrogen) atoms. The summed E-state index contributed by atoms with van der Waals surface area (Å²) in [5.41, 5.74) is 1.88. The summed E-state index contributed by atoms with van der Waals surface area (Å²) in [6.45, 7) is 8.80. The number of hydrogen-bond acceptors (Lipinski definition) is 6. The summed E-state index contributed by atoms with van der Waals surface area (Å²) in [5.74, 6) is -1.09. The molecule has 2 heterocycles. The van der Waals surface area contributed by atoms with E-state index in [1.807, 2.05) is 24.3 Å². The van der Waals surface area contributed by atoms with Crippen molar-refractivity contribution in [1.82, 2.24) is 4.90 Å². The van der Waals surface area contributed by atoms with Crippen LogP contribution in [0.3, 0.4) is 0 Å². The minimum atomic E-state index is -1.14. The highest BCUT2D eigenvalue weighted by Gasteiger charge is 2.42. The number of benzene rings is 1. The topological polar surface area (TPSA) is 78.9 Å². The van der Waals surface area contributed by atoms with Crippen LogP contribution in [-0.4, -0.2) is 53.0 Å².